The number of aromatic nitrogens is 2. The van der Waals surface area contributed by atoms with E-state index < -0.39 is 11.7 Å². The zero-order valence-electron chi connectivity index (χ0n) is 14.6. The van der Waals surface area contributed by atoms with Crippen LogP contribution in [0.2, 0.25) is 0 Å². The van der Waals surface area contributed by atoms with Gasteiger partial charge in [-0.05, 0) is 42.3 Å². The minimum Gasteiger partial charge on any atom is -0.352 e. The molecular weight excluding hydrogens is 379 g/mol. The number of fused-ring (bicyclic) bond motifs is 2. The predicted molar refractivity (Wildman–Crippen MR) is 103 cm³/mol. The summed E-state index contributed by atoms with van der Waals surface area (Å²) in [5, 5.41) is 5.53. The number of nitrogens with one attached hydrogen (secondary N) is 2. The Morgan fingerprint density at radius 3 is 2.79 bits per heavy atom. The fraction of sp³-hybridized carbons (Fsp3) is 0.100. The summed E-state index contributed by atoms with van der Waals surface area (Å²) in [4.78, 5) is 34.0. The number of nitrogens with zero attached hydrogens (tertiary/aromatic N) is 2. The summed E-state index contributed by atoms with van der Waals surface area (Å²) < 4.78 is 14.1. The van der Waals surface area contributed by atoms with Gasteiger partial charge in [0, 0.05) is 34.3 Å². The number of halogens is 1. The summed E-state index contributed by atoms with van der Waals surface area (Å²) in [6.07, 6.45) is 5.46. The minimum absolute atomic E-state index is 0.0137. The lowest BCUT2D eigenvalue weighted by atomic mass is 10.1. The van der Waals surface area contributed by atoms with Crippen molar-refractivity contribution in [2.45, 2.75) is 16.2 Å². The fourth-order valence-corrected chi connectivity index (χ4v) is 3.88. The van der Waals surface area contributed by atoms with Gasteiger partial charge in [0.05, 0.1) is 11.3 Å². The molecule has 2 N–H and O–H groups in total. The average Bonchev–Trinajstić information content (AvgIpc) is 2.84. The van der Waals surface area contributed by atoms with Gasteiger partial charge in [-0.1, -0.05) is 17.8 Å². The van der Waals surface area contributed by atoms with Gasteiger partial charge in [-0.3, -0.25) is 9.59 Å². The Bertz CT molecular complexity index is 1060. The number of amides is 2. The highest BCUT2D eigenvalue weighted by molar-refractivity contribution is 7.99. The first-order valence-electron chi connectivity index (χ1n) is 8.55. The highest BCUT2D eigenvalue weighted by Gasteiger charge is 2.23. The van der Waals surface area contributed by atoms with Crippen molar-refractivity contribution in [2.24, 2.45) is 0 Å². The summed E-state index contributed by atoms with van der Waals surface area (Å²) in [7, 11) is 0. The first-order chi connectivity index (χ1) is 13.6. The number of carbonyl (C=O) groups excluding carboxylic acids is 2. The molecule has 2 amide bonds. The normalized spacial score (nSPS) is 12.4. The molecule has 1 aromatic heterocycles. The van der Waals surface area contributed by atoms with Crippen molar-refractivity contribution in [1.29, 1.82) is 0 Å². The van der Waals surface area contributed by atoms with Crippen molar-refractivity contribution < 1.29 is 14.0 Å². The maximum atomic E-state index is 14.1. The molecule has 0 bridgehead atoms. The van der Waals surface area contributed by atoms with Gasteiger partial charge < -0.3 is 10.6 Å². The van der Waals surface area contributed by atoms with Gasteiger partial charge in [0.15, 0.2) is 0 Å². The van der Waals surface area contributed by atoms with E-state index in [-0.39, 0.29) is 11.5 Å². The molecule has 1 aliphatic heterocycles. The van der Waals surface area contributed by atoms with Gasteiger partial charge in [0.25, 0.3) is 11.8 Å². The summed E-state index contributed by atoms with van der Waals surface area (Å²) >= 11 is 1.29. The lowest BCUT2D eigenvalue weighted by Crippen LogP contribution is -2.26. The molecule has 2 heterocycles. The smallest absolute Gasteiger partial charge is 0.259 e. The Kier molecular flexibility index (Phi) is 5.03. The van der Waals surface area contributed by atoms with E-state index in [9.17, 15) is 14.0 Å². The molecule has 0 unspecified atom stereocenters. The molecule has 28 heavy (non-hydrogen) atoms. The lowest BCUT2D eigenvalue weighted by Gasteiger charge is -2.09. The maximum absolute atomic E-state index is 14.1. The molecule has 0 saturated carbocycles. The van der Waals surface area contributed by atoms with Crippen LogP contribution in [0.1, 0.15) is 26.3 Å². The third-order valence-electron chi connectivity index (χ3n) is 4.23. The molecule has 0 saturated heterocycles. The van der Waals surface area contributed by atoms with Crippen LogP contribution in [0.5, 0.6) is 0 Å². The summed E-state index contributed by atoms with van der Waals surface area (Å²) in [5.74, 6) is -1.36. The van der Waals surface area contributed by atoms with E-state index in [1.54, 1.807) is 42.7 Å². The second-order valence-electron chi connectivity index (χ2n) is 6.13. The van der Waals surface area contributed by atoms with Crippen molar-refractivity contribution in [3.05, 3.63) is 77.6 Å². The van der Waals surface area contributed by atoms with Crippen LogP contribution in [-0.4, -0.2) is 28.3 Å². The third kappa shape index (κ3) is 3.72. The fourth-order valence-electron chi connectivity index (χ4n) is 2.85. The van der Waals surface area contributed by atoms with E-state index in [0.29, 0.717) is 29.1 Å². The molecule has 6 nitrogen and oxygen atoms in total. The van der Waals surface area contributed by atoms with Gasteiger partial charge in [0.1, 0.15) is 12.1 Å². The molecule has 3 aromatic rings. The molecule has 0 aliphatic carbocycles. The van der Waals surface area contributed by atoms with Gasteiger partial charge >= 0.3 is 0 Å². The summed E-state index contributed by atoms with van der Waals surface area (Å²) in [5.41, 5.74) is 1.83. The molecule has 0 fully saturated rings. The average molecular weight is 394 g/mol. The van der Waals surface area contributed by atoms with E-state index in [1.807, 2.05) is 0 Å². The largest absolute Gasteiger partial charge is 0.352 e. The number of benzene rings is 2. The highest BCUT2D eigenvalue weighted by Crippen LogP contribution is 2.39. The van der Waals surface area contributed by atoms with Crippen LogP contribution in [-0.2, 0) is 6.42 Å². The standard InChI is InChI=1S/C20H15FN4O2S/c21-14-2-1-3-17-18(14)20(27)25-15-8-13(4-5-16(15)28-17)19(26)24-7-6-12-9-22-11-23-10-12/h1-5,8-11H,6-7H2,(H,24,26)(H,25,27). The molecule has 0 radical (unpaired) electrons. The molecule has 8 heteroatoms. The third-order valence-corrected chi connectivity index (χ3v) is 5.36. The van der Waals surface area contributed by atoms with Crippen LogP contribution in [0.4, 0.5) is 10.1 Å². The number of anilines is 1. The monoisotopic (exact) mass is 394 g/mol. The Morgan fingerprint density at radius 1 is 1.14 bits per heavy atom. The zero-order valence-corrected chi connectivity index (χ0v) is 15.4. The van der Waals surface area contributed by atoms with Gasteiger partial charge in [0.2, 0.25) is 0 Å². The van der Waals surface area contributed by atoms with Crippen LogP contribution in [0.25, 0.3) is 0 Å². The Balaban J connectivity index is 1.49. The molecule has 0 atom stereocenters. The van der Waals surface area contributed by atoms with Gasteiger partial charge in [-0.2, -0.15) is 0 Å². The molecular formula is C20H15FN4O2S. The number of carbonyl (C=O) groups is 2. The van der Waals surface area contributed by atoms with Crippen molar-refractivity contribution in [1.82, 2.24) is 15.3 Å². The van der Waals surface area contributed by atoms with Crippen molar-refractivity contribution in [3.63, 3.8) is 0 Å². The van der Waals surface area contributed by atoms with Crippen molar-refractivity contribution >= 4 is 29.3 Å². The second kappa shape index (κ2) is 7.77. The quantitative estimate of drug-likeness (QED) is 0.709. The predicted octanol–water partition coefficient (Wildman–Crippen LogP) is 3.31. The van der Waals surface area contributed by atoms with Crippen molar-refractivity contribution in [2.75, 3.05) is 11.9 Å². The number of hydrogen-bond acceptors (Lipinski definition) is 5. The van der Waals surface area contributed by atoms with E-state index >= 15 is 0 Å². The lowest BCUT2D eigenvalue weighted by molar-refractivity contribution is 0.0952. The number of rotatable bonds is 4. The van der Waals surface area contributed by atoms with E-state index in [0.717, 1.165) is 10.5 Å². The highest BCUT2D eigenvalue weighted by atomic mass is 32.2. The maximum Gasteiger partial charge on any atom is 0.259 e. The Hall–Kier alpha value is -3.26. The second-order valence-corrected chi connectivity index (χ2v) is 7.22. The van der Waals surface area contributed by atoms with Crippen LogP contribution in [0.15, 0.2) is 64.9 Å². The van der Waals surface area contributed by atoms with Crippen LogP contribution < -0.4 is 10.6 Å². The molecule has 140 valence electrons. The Morgan fingerprint density at radius 2 is 1.96 bits per heavy atom. The van der Waals surface area contributed by atoms with E-state index in [2.05, 4.69) is 20.6 Å². The van der Waals surface area contributed by atoms with Crippen LogP contribution in [0, 0.1) is 5.82 Å². The SMILES string of the molecule is O=C(NCCc1cncnc1)c1ccc2c(c1)NC(=O)c1c(F)cccc1S2. The molecule has 4 rings (SSSR count). The van der Waals surface area contributed by atoms with E-state index in [4.69, 9.17) is 0 Å². The summed E-state index contributed by atoms with van der Waals surface area (Å²) in [6, 6.07) is 9.56. The van der Waals surface area contributed by atoms with Gasteiger partial charge in [-0.25, -0.2) is 14.4 Å². The molecule has 0 spiro atoms. The molecule has 2 aromatic carbocycles. The van der Waals surface area contributed by atoms with Crippen molar-refractivity contribution in [3.8, 4) is 0 Å². The summed E-state index contributed by atoms with van der Waals surface area (Å²) in [6.45, 7) is 0.432. The topological polar surface area (TPSA) is 84.0 Å². The first-order valence-corrected chi connectivity index (χ1v) is 9.37. The molecule has 1 aliphatic rings. The Labute approximate surface area is 164 Å². The van der Waals surface area contributed by atoms with Crippen LogP contribution in [0.3, 0.4) is 0 Å². The first kappa shape index (κ1) is 18.1. The van der Waals surface area contributed by atoms with Gasteiger partial charge in [-0.15, -0.1) is 0 Å². The minimum atomic E-state index is -0.571. The zero-order chi connectivity index (χ0) is 19.5. The van der Waals surface area contributed by atoms with Crippen LogP contribution >= 0.6 is 11.8 Å². The number of hydrogen-bond donors (Lipinski definition) is 2. The van der Waals surface area contributed by atoms with E-state index in [1.165, 1.54) is 24.2 Å².